The van der Waals surface area contributed by atoms with E-state index < -0.39 is 0 Å². The van der Waals surface area contributed by atoms with Crippen molar-refractivity contribution in [3.8, 4) is 0 Å². The molecule has 0 aromatic carbocycles. The average Bonchev–Trinajstić information content (AvgIpc) is 2.16. The molecule has 15 heavy (non-hydrogen) atoms. The van der Waals surface area contributed by atoms with Crippen molar-refractivity contribution in [1.82, 2.24) is 0 Å². The van der Waals surface area contributed by atoms with Gasteiger partial charge in [-0.05, 0) is 12.8 Å². The van der Waals surface area contributed by atoms with Crippen LogP contribution in [0.3, 0.4) is 0 Å². The van der Waals surface area contributed by atoms with Gasteiger partial charge in [0.2, 0.25) is 0 Å². The van der Waals surface area contributed by atoms with Crippen molar-refractivity contribution in [3.05, 3.63) is 0 Å². The maximum atomic E-state index is 11.3. The molecule has 3 nitrogen and oxygen atoms in total. The summed E-state index contributed by atoms with van der Waals surface area (Å²) < 4.78 is 0. The van der Waals surface area contributed by atoms with E-state index in [-0.39, 0.29) is 23.3 Å². The number of hydrogen-bond donors (Lipinski definition) is 0. The van der Waals surface area contributed by atoms with Crippen LogP contribution in [0.1, 0.15) is 52.9 Å². The molecule has 0 aromatic heterocycles. The van der Waals surface area contributed by atoms with Crippen LogP contribution in [0, 0.1) is 5.92 Å². The van der Waals surface area contributed by atoms with Crippen LogP contribution in [0.4, 0.5) is 0 Å². The topological polar surface area (TPSA) is 51.2 Å². The molecule has 0 rings (SSSR count). The summed E-state index contributed by atoms with van der Waals surface area (Å²) >= 11 is 0. The van der Waals surface area contributed by atoms with Gasteiger partial charge in [-0.25, -0.2) is 0 Å². The van der Waals surface area contributed by atoms with Crippen molar-refractivity contribution in [3.63, 3.8) is 0 Å². The quantitative estimate of drug-likeness (QED) is 0.620. The second-order valence-electron chi connectivity index (χ2n) is 3.96. The normalized spacial score (nSPS) is 10.4. The molecule has 0 N–H and O–H groups in total. The molecule has 0 radical (unpaired) electrons. The number of ketones is 3. The van der Waals surface area contributed by atoms with Crippen LogP contribution < -0.4 is 0 Å². The standard InChI is InChI=1S/C12H20O3/c1-4-11(14)7-10(6-9(3)13)8-12(15)5-2/h10H,4-8H2,1-3H3. The van der Waals surface area contributed by atoms with E-state index >= 15 is 0 Å². The van der Waals surface area contributed by atoms with Crippen molar-refractivity contribution < 1.29 is 14.4 Å². The lowest BCUT2D eigenvalue weighted by Gasteiger charge is -2.12. The molecule has 0 heterocycles. The first-order valence-electron chi connectivity index (χ1n) is 5.52. The summed E-state index contributed by atoms with van der Waals surface area (Å²) in [6.45, 7) is 5.10. The number of carbonyl (C=O) groups excluding carboxylic acids is 3. The second kappa shape index (κ2) is 7.32. The first-order valence-corrected chi connectivity index (χ1v) is 5.52. The fourth-order valence-electron chi connectivity index (χ4n) is 1.56. The summed E-state index contributed by atoms with van der Waals surface area (Å²) in [6.07, 6.45) is 2.03. The second-order valence-corrected chi connectivity index (χ2v) is 3.96. The van der Waals surface area contributed by atoms with Crippen LogP contribution in [0.15, 0.2) is 0 Å². The van der Waals surface area contributed by atoms with Crippen LogP contribution >= 0.6 is 0 Å². The van der Waals surface area contributed by atoms with E-state index in [9.17, 15) is 14.4 Å². The van der Waals surface area contributed by atoms with Crippen LogP contribution in [-0.4, -0.2) is 17.3 Å². The van der Waals surface area contributed by atoms with Gasteiger partial charge in [0, 0.05) is 32.1 Å². The zero-order valence-corrected chi connectivity index (χ0v) is 9.84. The minimum absolute atomic E-state index is 0.0489. The van der Waals surface area contributed by atoms with Crippen LogP contribution in [0.2, 0.25) is 0 Å². The maximum Gasteiger partial charge on any atom is 0.132 e. The van der Waals surface area contributed by atoms with Crippen molar-refractivity contribution in [2.75, 3.05) is 0 Å². The Balaban J connectivity index is 4.23. The van der Waals surface area contributed by atoms with E-state index in [0.717, 1.165) is 0 Å². The van der Waals surface area contributed by atoms with Gasteiger partial charge < -0.3 is 4.79 Å². The van der Waals surface area contributed by atoms with E-state index in [0.29, 0.717) is 32.1 Å². The summed E-state index contributed by atoms with van der Waals surface area (Å²) in [5.41, 5.74) is 0. The molecule has 0 aliphatic rings. The Bertz CT molecular complexity index is 225. The van der Waals surface area contributed by atoms with Gasteiger partial charge in [-0.15, -0.1) is 0 Å². The van der Waals surface area contributed by atoms with Crippen molar-refractivity contribution in [2.45, 2.75) is 52.9 Å². The predicted molar refractivity (Wildman–Crippen MR) is 58.6 cm³/mol. The first kappa shape index (κ1) is 14.0. The van der Waals surface area contributed by atoms with Gasteiger partial charge in [0.1, 0.15) is 17.3 Å². The third kappa shape index (κ3) is 7.00. The van der Waals surface area contributed by atoms with E-state index in [2.05, 4.69) is 0 Å². The third-order valence-electron chi connectivity index (χ3n) is 2.40. The van der Waals surface area contributed by atoms with Gasteiger partial charge in [-0.1, -0.05) is 13.8 Å². The molecular weight excluding hydrogens is 192 g/mol. The van der Waals surface area contributed by atoms with Gasteiger partial charge in [-0.2, -0.15) is 0 Å². The monoisotopic (exact) mass is 212 g/mol. The number of Topliss-reactive ketones (excluding diaryl/α,β-unsaturated/α-hetero) is 3. The Hall–Kier alpha value is -0.990. The van der Waals surface area contributed by atoms with E-state index in [1.54, 1.807) is 13.8 Å². The number of carbonyl (C=O) groups is 3. The molecule has 0 spiro atoms. The molecule has 86 valence electrons. The zero-order chi connectivity index (χ0) is 11.8. The Morgan fingerprint density at radius 1 is 0.867 bits per heavy atom. The van der Waals surface area contributed by atoms with Gasteiger partial charge in [-0.3, -0.25) is 9.59 Å². The highest BCUT2D eigenvalue weighted by molar-refractivity contribution is 5.83. The van der Waals surface area contributed by atoms with Gasteiger partial charge >= 0.3 is 0 Å². The smallest absolute Gasteiger partial charge is 0.132 e. The predicted octanol–water partition coefficient (Wildman–Crippen LogP) is 2.32. The molecule has 0 aromatic rings. The van der Waals surface area contributed by atoms with Gasteiger partial charge in [0.15, 0.2) is 0 Å². The van der Waals surface area contributed by atoms with E-state index in [1.807, 2.05) is 0 Å². The van der Waals surface area contributed by atoms with Crippen molar-refractivity contribution in [2.24, 2.45) is 5.92 Å². The number of hydrogen-bond acceptors (Lipinski definition) is 3. The van der Waals surface area contributed by atoms with Gasteiger partial charge in [0.05, 0.1) is 0 Å². The molecule has 0 amide bonds. The molecule has 0 fully saturated rings. The highest BCUT2D eigenvalue weighted by atomic mass is 16.1. The SMILES string of the molecule is CCC(=O)CC(CC(C)=O)CC(=O)CC. The van der Waals surface area contributed by atoms with Crippen LogP contribution in [-0.2, 0) is 14.4 Å². The molecule has 0 unspecified atom stereocenters. The summed E-state index contributed by atoms with van der Waals surface area (Å²) in [4.78, 5) is 33.5. The van der Waals surface area contributed by atoms with Crippen LogP contribution in [0.25, 0.3) is 0 Å². The van der Waals surface area contributed by atoms with E-state index in [4.69, 9.17) is 0 Å². The summed E-state index contributed by atoms with van der Waals surface area (Å²) in [6, 6.07) is 0. The van der Waals surface area contributed by atoms with Crippen LogP contribution in [0.5, 0.6) is 0 Å². The Morgan fingerprint density at radius 2 is 1.27 bits per heavy atom. The van der Waals surface area contributed by atoms with Gasteiger partial charge in [0.25, 0.3) is 0 Å². The zero-order valence-electron chi connectivity index (χ0n) is 9.84. The Morgan fingerprint density at radius 3 is 1.53 bits per heavy atom. The molecule has 0 aliphatic carbocycles. The Labute approximate surface area is 91.2 Å². The molecule has 0 atom stereocenters. The highest BCUT2D eigenvalue weighted by Gasteiger charge is 2.17. The van der Waals surface area contributed by atoms with Crippen molar-refractivity contribution >= 4 is 17.3 Å². The minimum atomic E-state index is -0.0811. The first-order chi connectivity index (χ1) is 6.99. The lowest BCUT2D eigenvalue weighted by Crippen LogP contribution is -2.15. The summed E-state index contributed by atoms with van der Waals surface area (Å²) in [7, 11) is 0. The lowest BCUT2D eigenvalue weighted by molar-refractivity contribution is -0.122. The summed E-state index contributed by atoms with van der Waals surface area (Å²) in [5, 5.41) is 0. The lowest BCUT2D eigenvalue weighted by atomic mass is 9.90. The highest BCUT2D eigenvalue weighted by Crippen LogP contribution is 2.16. The largest absolute Gasteiger partial charge is 0.300 e. The third-order valence-corrected chi connectivity index (χ3v) is 2.40. The fraction of sp³-hybridized carbons (Fsp3) is 0.750. The van der Waals surface area contributed by atoms with Crippen molar-refractivity contribution in [1.29, 1.82) is 0 Å². The molecule has 0 bridgehead atoms. The molecule has 0 saturated carbocycles. The average molecular weight is 212 g/mol. The van der Waals surface area contributed by atoms with E-state index in [1.165, 1.54) is 6.92 Å². The number of rotatable bonds is 8. The minimum Gasteiger partial charge on any atom is -0.300 e. The Kier molecular flexibility index (Phi) is 6.84. The molecular formula is C12H20O3. The fourth-order valence-corrected chi connectivity index (χ4v) is 1.56. The molecule has 0 saturated heterocycles. The molecule has 0 aliphatic heterocycles. The summed E-state index contributed by atoms with van der Waals surface area (Å²) in [5.74, 6) is 0.227. The molecule has 3 heteroatoms. The maximum absolute atomic E-state index is 11.3.